The number of hydrogen-bond donors (Lipinski definition) is 2. The highest BCUT2D eigenvalue weighted by Gasteiger charge is 2.32. The summed E-state index contributed by atoms with van der Waals surface area (Å²) < 4.78 is 30.3. The first-order chi connectivity index (χ1) is 12.1. The maximum Gasteiger partial charge on any atom is 0.254 e. The van der Waals surface area contributed by atoms with E-state index < -0.39 is 5.82 Å². The number of nitrogens with zero attached hydrogens (tertiary/aromatic N) is 1. The molecule has 1 amide bonds. The van der Waals surface area contributed by atoms with Crippen molar-refractivity contribution in [3.8, 4) is 11.8 Å². The number of carbonyl (C=O) groups excluding carboxylic acids is 1. The Morgan fingerprint density at radius 1 is 1.36 bits per heavy atom. The summed E-state index contributed by atoms with van der Waals surface area (Å²) in [5.74, 6) is -0.493. The molecule has 0 aromatic carbocycles. The van der Waals surface area contributed by atoms with Crippen LogP contribution in [0.2, 0.25) is 0 Å². The van der Waals surface area contributed by atoms with Crippen molar-refractivity contribution in [1.29, 1.82) is 0 Å². The number of nitrogens with one attached hydrogen (secondary N) is 2. The highest BCUT2D eigenvalue weighted by molar-refractivity contribution is 5.82. The molecule has 1 saturated heterocycles. The molecule has 0 bridgehead atoms. The van der Waals surface area contributed by atoms with Crippen molar-refractivity contribution in [3.63, 3.8) is 0 Å². The molecule has 0 spiro atoms. The lowest BCUT2D eigenvalue weighted by atomic mass is 9.92. The van der Waals surface area contributed by atoms with E-state index in [9.17, 15) is 9.18 Å². The highest BCUT2D eigenvalue weighted by Crippen LogP contribution is 2.30. The van der Waals surface area contributed by atoms with E-state index in [0.29, 0.717) is 18.4 Å². The molecular weight excluding hydrogens is 329 g/mol. The van der Waals surface area contributed by atoms with Gasteiger partial charge in [0.15, 0.2) is 5.82 Å². The van der Waals surface area contributed by atoms with Crippen LogP contribution in [0.25, 0.3) is 0 Å². The van der Waals surface area contributed by atoms with Gasteiger partial charge in [0.2, 0.25) is 11.8 Å². The second-order valence-corrected chi connectivity index (χ2v) is 6.38. The fraction of sp³-hybridized carbons (Fsp3) is 0.647. The van der Waals surface area contributed by atoms with Crippen molar-refractivity contribution >= 4 is 5.91 Å². The van der Waals surface area contributed by atoms with Gasteiger partial charge in [-0.3, -0.25) is 4.79 Å². The van der Waals surface area contributed by atoms with Crippen LogP contribution in [-0.2, 0) is 16.1 Å². The largest absolute Gasteiger partial charge is 0.481 e. The van der Waals surface area contributed by atoms with E-state index in [2.05, 4.69) is 15.6 Å². The summed E-state index contributed by atoms with van der Waals surface area (Å²) in [7, 11) is 3.10. The van der Waals surface area contributed by atoms with Crippen molar-refractivity contribution in [1.82, 2.24) is 15.6 Å². The monoisotopic (exact) mass is 353 g/mol. The number of ether oxygens (including phenoxy) is 3. The third-order valence-corrected chi connectivity index (χ3v) is 4.67. The van der Waals surface area contributed by atoms with Crippen LogP contribution in [0.3, 0.4) is 0 Å². The second-order valence-electron chi connectivity index (χ2n) is 6.38. The molecule has 1 saturated carbocycles. The minimum absolute atomic E-state index is 0.0797. The summed E-state index contributed by atoms with van der Waals surface area (Å²) in [5, 5.41) is 5.91. The van der Waals surface area contributed by atoms with Crippen LogP contribution in [-0.4, -0.2) is 49.9 Å². The molecule has 1 atom stereocenters. The van der Waals surface area contributed by atoms with Gasteiger partial charge in [-0.05, 0) is 25.5 Å². The van der Waals surface area contributed by atoms with Gasteiger partial charge in [-0.1, -0.05) is 0 Å². The van der Waals surface area contributed by atoms with Crippen LogP contribution in [0.4, 0.5) is 4.39 Å². The summed E-state index contributed by atoms with van der Waals surface area (Å²) in [4.78, 5) is 16.2. The summed E-state index contributed by atoms with van der Waals surface area (Å²) in [6.07, 6.45) is 3.28. The maximum atomic E-state index is 14.3. The predicted octanol–water partition coefficient (Wildman–Crippen LogP) is 1.15. The summed E-state index contributed by atoms with van der Waals surface area (Å²) in [5.41, 5.74) is 0.474. The first-order valence-electron chi connectivity index (χ1n) is 8.54. The molecular formula is C17H24FN3O4. The smallest absolute Gasteiger partial charge is 0.254 e. The van der Waals surface area contributed by atoms with Gasteiger partial charge in [-0.25, -0.2) is 4.39 Å². The van der Waals surface area contributed by atoms with Crippen LogP contribution < -0.4 is 20.1 Å². The number of carbonyl (C=O) groups is 1. The Balaban J connectivity index is 1.61. The quantitative estimate of drug-likeness (QED) is 0.765. The number of rotatable bonds is 7. The molecule has 3 rings (SSSR count). The number of amides is 1. The molecule has 138 valence electrons. The zero-order valence-electron chi connectivity index (χ0n) is 14.5. The number of hydrogen-bond acceptors (Lipinski definition) is 6. The van der Waals surface area contributed by atoms with Crippen LogP contribution in [0, 0.1) is 5.82 Å². The van der Waals surface area contributed by atoms with Crippen LogP contribution in [0.5, 0.6) is 11.8 Å². The average molecular weight is 353 g/mol. The fourth-order valence-corrected chi connectivity index (χ4v) is 3.06. The maximum absolute atomic E-state index is 14.3. The first kappa shape index (κ1) is 17.9. The van der Waals surface area contributed by atoms with E-state index >= 15 is 0 Å². The summed E-state index contributed by atoms with van der Waals surface area (Å²) >= 11 is 0. The molecule has 2 aliphatic rings. The normalized spacial score (nSPS) is 25.3. The van der Waals surface area contributed by atoms with Gasteiger partial charge in [0, 0.05) is 32.1 Å². The molecule has 2 fully saturated rings. The molecule has 1 aliphatic carbocycles. The molecule has 25 heavy (non-hydrogen) atoms. The van der Waals surface area contributed by atoms with Gasteiger partial charge in [0.25, 0.3) is 5.88 Å². The lowest BCUT2D eigenvalue weighted by Crippen LogP contribution is -2.40. The van der Waals surface area contributed by atoms with Crippen LogP contribution in [0.15, 0.2) is 6.07 Å². The van der Waals surface area contributed by atoms with E-state index in [1.54, 1.807) is 7.11 Å². The molecule has 7 nitrogen and oxygen atoms in total. The Kier molecular flexibility index (Phi) is 5.70. The van der Waals surface area contributed by atoms with Gasteiger partial charge in [-0.15, -0.1) is 0 Å². The van der Waals surface area contributed by atoms with E-state index in [-0.39, 0.29) is 42.5 Å². The van der Waals surface area contributed by atoms with E-state index in [1.807, 2.05) is 0 Å². The predicted molar refractivity (Wildman–Crippen MR) is 88.1 cm³/mol. The minimum atomic E-state index is -0.565. The van der Waals surface area contributed by atoms with Crippen molar-refractivity contribution in [3.05, 3.63) is 17.4 Å². The third-order valence-electron chi connectivity index (χ3n) is 4.67. The molecule has 0 radical (unpaired) electrons. The van der Waals surface area contributed by atoms with E-state index in [0.717, 1.165) is 19.4 Å². The van der Waals surface area contributed by atoms with Crippen LogP contribution >= 0.6 is 0 Å². The van der Waals surface area contributed by atoms with Crippen molar-refractivity contribution in [2.75, 3.05) is 20.8 Å². The first-order valence-corrected chi connectivity index (χ1v) is 8.54. The Labute approximate surface area is 146 Å². The molecule has 2 heterocycles. The van der Waals surface area contributed by atoms with Gasteiger partial charge in [0.1, 0.15) is 6.10 Å². The molecule has 1 aromatic rings. The van der Waals surface area contributed by atoms with E-state index in [1.165, 1.54) is 13.2 Å². The SMILES string of the molecule is COc1nc(OC2CC(OC)C2)c(F)cc1CNC(=O)[C@@H]1CCCN1. The molecule has 8 heteroatoms. The second kappa shape index (κ2) is 7.97. The van der Waals surface area contributed by atoms with Gasteiger partial charge < -0.3 is 24.8 Å². The zero-order valence-corrected chi connectivity index (χ0v) is 14.5. The van der Waals surface area contributed by atoms with Gasteiger partial charge in [-0.2, -0.15) is 4.98 Å². The topological polar surface area (TPSA) is 81.7 Å². The Bertz CT molecular complexity index is 616. The summed E-state index contributed by atoms with van der Waals surface area (Å²) in [6.45, 7) is 0.994. The average Bonchev–Trinajstić information content (AvgIpc) is 3.11. The van der Waals surface area contributed by atoms with Crippen molar-refractivity contribution in [2.45, 2.75) is 50.5 Å². The Hall–Kier alpha value is -1.93. The number of halogens is 1. The number of methoxy groups -OCH3 is 2. The lowest BCUT2D eigenvalue weighted by molar-refractivity contribution is -0.122. The molecule has 1 aliphatic heterocycles. The molecule has 2 N–H and O–H groups in total. The zero-order chi connectivity index (χ0) is 17.8. The Morgan fingerprint density at radius 3 is 2.80 bits per heavy atom. The summed E-state index contributed by atoms with van der Waals surface area (Å²) in [6, 6.07) is 1.12. The van der Waals surface area contributed by atoms with Crippen molar-refractivity contribution < 1.29 is 23.4 Å². The molecule has 1 aromatic heterocycles. The highest BCUT2D eigenvalue weighted by atomic mass is 19.1. The van der Waals surface area contributed by atoms with Gasteiger partial charge in [0.05, 0.1) is 19.3 Å². The third kappa shape index (κ3) is 4.19. The number of pyridine rings is 1. The Morgan fingerprint density at radius 2 is 2.16 bits per heavy atom. The standard InChI is InChI=1S/C17H24FN3O4/c1-23-11-7-12(8-11)25-17-13(18)6-10(16(21-17)24-2)9-20-15(22)14-4-3-5-19-14/h6,11-12,14,19H,3-5,7-9H2,1-2H3,(H,20,22)/t11?,12?,14-/m0/s1. The number of aromatic nitrogens is 1. The van der Waals surface area contributed by atoms with Crippen molar-refractivity contribution in [2.24, 2.45) is 0 Å². The van der Waals surface area contributed by atoms with Crippen LogP contribution in [0.1, 0.15) is 31.2 Å². The fourth-order valence-electron chi connectivity index (χ4n) is 3.06. The van der Waals surface area contributed by atoms with E-state index in [4.69, 9.17) is 14.2 Å². The molecule has 0 unspecified atom stereocenters. The van der Waals surface area contributed by atoms with Gasteiger partial charge >= 0.3 is 0 Å². The lowest BCUT2D eigenvalue weighted by Gasteiger charge is -2.33. The minimum Gasteiger partial charge on any atom is -0.481 e.